The van der Waals surface area contributed by atoms with Gasteiger partial charge in [0, 0.05) is 24.0 Å². The Bertz CT molecular complexity index is 1690. The fourth-order valence-electron chi connectivity index (χ4n) is 5.10. The molecule has 1 N–H and O–H groups in total. The van der Waals surface area contributed by atoms with Crippen LogP contribution >= 0.6 is 15.9 Å². The van der Waals surface area contributed by atoms with Crippen LogP contribution in [-0.4, -0.2) is 44.3 Å². The number of hydrogen-bond acceptors (Lipinski definition) is 4. The number of nitrogens with one attached hydrogen (secondary N) is 1. The van der Waals surface area contributed by atoms with Gasteiger partial charge < -0.3 is 10.2 Å². The van der Waals surface area contributed by atoms with Gasteiger partial charge in [-0.2, -0.15) is 0 Å². The summed E-state index contributed by atoms with van der Waals surface area (Å²) in [5.41, 5.74) is 4.05. The van der Waals surface area contributed by atoms with Crippen molar-refractivity contribution in [1.29, 1.82) is 0 Å². The normalized spacial score (nSPS) is 12.0. The highest BCUT2D eigenvalue weighted by Crippen LogP contribution is 2.27. The molecule has 9 heteroatoms. The Morgan fingerprint density at radius 1 is 0.826 bits per heavy atom. The van der Waals surface area contributed by atoms with Crippen molar-refractivity contribution in [3.63, 3.8) is 0 Å². The Hall–Kier alpha value is -3.95. The van der Waals surface area contributed by atoms with Crippen molar-refractivity contribution in [2.45, 2.75) is 63.9 Å². The van der Waals surface area contributed by atoms with E-state index in [4.69, 9.17) is 0 Å². The Kier molecular flexibility index (Phi) is 12.2. The summed E-state index contributed by atoms with van der Waals surface area (Å²) in [6.07, 6.45) is 1.01. The van der Waals surface area contributed by atoms with E-state index < -0.39 is 28.5 Å². The predicted molar refractivity (Wildman–Crippen MR) is 188 cm³/mol. The average molecular weight is 705 g/mol. The summed E-state index contributed by atoms with van der Waals surface area (Å²) >= 11 is 3.47. The molecule has 0 spiro atoms. The summed E-state index contributed by atoms with van der Waals surface area (Å²) in [6.45, 7) is 8.08. The number of benzene rings is 4. The number of aryl methyl sites for hydroxylation is 1. The lowest BCUT2D eigenvalue weighted by Gasteiger charge is -2.34. The van der Waals surface area contributed by atoms with Crippen LogP contribution in [0.1, 0.15) is 55.4 Å². The fourth-order valence-corrected chi connectivity index (χ4v) is 6.78. The molecular formula is C37H42BrN3O4S. The van der Waals surface area contributed by atoms with Crippen LogP contribution in [0.15, 0.2) is 112 Å². The van der Waals surface area contributed by atoms with E-state index in [1.807, 2.05) is 80.6 Å². The summed E-state index contributed by atoms with van der Waals surface area (Å²) < 4.78 is 30.5. The van der Waals surface area contributed by atoms with Gasteiger partial charge in [0.05, 0.1) is 10.6 Å². The van der Waals surface area contributed by atoms with Crippen molar-refractivity contribution < 1.29 is 18.0 Å². The third-order valence-corrected chi connectivity index (χ3v) is 10.1. The van der Waals surface area contributed by atoms with Gasteiger partial charge in [-0.25, -0.2) is 8.42 Å². The molecule has 242 valence electrons. The highest BCUT2D eigenvalue weighted by atomic mass is 79.9. The van der Waals surface area contributed by atoms with Crippen LogP contribution < -0.4 is 9.62 Å². The zero-order valence-corrected chi connectivity index (χ0v) is 29.2. The lowest BCUT2D eigenvalue weighted by atomic mass is 10.0. The second kappa shape index (κ2) is 16.1. The quantitative estimate of drug-likeness (QED) is 0.150. The van der Waals surface area contributed by atoms with Gasteiger partial charge in [-0.3, -0.25) is 13.9 Å². The summed E-state index contributed by atoms with van der Waals surface area (Å²) in [7, 11) is -4.15. The van der Waals surface area contributed by atoms with Gasteiger partial charge in [0.15, 0.2) is 0 Å². The van der Waals surface area contributed by atoms with E-state index in [9.17, 15) is 18.0 Å². The van der Waals surface area contributed by atoms with Crippen molar-refractivity contribution in [1.82, 2.24) is 10.2 Å². The molecule has 0 radical (unpaired) electrons. The van der Waals surface area contributed by atoms with Gasteiger partial charge in [-0.15, -0.1) is 0 Å². The summed E-state index contributed by atoms with van der Waals surface area (Å²) in [4.78, 5) is 29.9. The molecule has 0 aliphatic heterocycles. The van der Waals surface area contributed by atoms with Gasteiger partial charge in [0.2, 0.25) is 11.8 Å². The van der Waals surface area contributed by atoms with Crippen LogP contribution in [0.5, 0.6) is 0 Å². The first kappa shape index (κ1) is 34.9. The number of nitrogens with zero attached hydrogens (tertiary/aromatic N) is 2. The summed E-state index contributed by atoms with van der Waals surface area (Å²) in [5, 5.41) is 2.97. The number of halogens is 1. The number of anilines is 1. The third-order valence-electron chi connectivity index (χ3n) is 7.82. The van der Waals surface area contributed by atoms with Crippen molar-refractivity contribution in [2.24, 2.45) is 0 Å². The van der Waals surface area contributed by atoms with Crippen LogP contribution in [0.25, 0.3) is 0 Å². The number of hydrogen-bond donors (Lipinski definition) is 1. The lowest BCUT2D eigenvalue weighted by molar-refractivity contribution is -0.140. The molecule has 0 saturated heterocycles. The van der Waals surface area contributed by atoms with Crippen LogP contribution in [0.4, 0.5) is 5.69 Å². The van der Waals surface area contributed by atoms with E-state index >= 15 is 0 Å². The summed E-state index contributed by atoms with van der Waals surface area (Å²) in [5.74, 6) is -0.524. The first-order chi connectivity index (χ1) is 22.0. The number of rotatable bonds is 14. The predicted octanol–water partition coefficient (Wildman–Crippen LogP) is 7.24. The summed E-state index contributed by atoms with van der Waals surface area (Å²) in [6, 6.07) is 30.0. The van der Waals surface area contributed by atoms with Crippen molar-refractivity contribution in [3.8, 4) is 0 Å². The zero-order valence-electron chi connectivity index (χ0n) is 26.8. The highest BCUT2D eigenvalue weighted by Gasteiger charge is 2.34. The molecule has 2 amide bonds. The number of carbonyl (C=O) groups excluding carboxylic acids is 2. The average Bonchev–Trinajstić information content (AvgIpc) is 3.05. The second-order valence-corrected chi connectivity index (χ2v) is 14.5. The molecule has 0 saturated carbocycles. The molecule has 1 atom stereocenters. The SMILES string of the molecule is CCCNC(=O)[C@@H](Cc1ccccc1)N(Cc1ccc(Br)cc1)C(=O)CN(c1ccc(C(C)C)cc1)S(=O)(=O)c1ccc(C)cc1. The minimum absolute atomic E-state index is 0.0832. The smallest absolute Gasteiger partial charge is 0.264 e. The molecule has 0 fully saturated rings. The molecule has 4 aromatic carbocycles. The Morgan fingerprint density at radius 2 is 1.46 bits per heavy atom. The van der Waals surface area contributed by atoms with Gasteiger partial charge in [0.1, 0.15) is 12.6 Å². The molecule has 0 heterocycles. The van der Waals surface area contributed by atoms with Crippen LogP contribution in [0, 0.1) is 6.92 Å². The van der Waals surface area contributed by atoms with Crippen molar-refractivity contribution in [2.75, 3.05) is 17.4 Å². The van der Waals surface area contributed by atoms with Gasteiger partial charge in [-0.05, 0) is 72.4 Å². The molecule has 0 bridgehead atoms. The topological polar surface area (TPSA) is 86.8 Å². The monoisotopic (exact) mass is 703 g/mol. The fraction of sp³-hybridized carbons (Fsp3) is 0.297. The second-order valence-electron chi connectivity index (χ2n) is 11.7. The van der Waals surface area contributed by atoms with Crippen molar-refractivity contribution >= 4 is 43.5 Å². The molecule has 0 aromatic heterocycles. The first-order valence-electron chi connectivity index (χ1n) is 15.5. The Morgan fingerprint density at radius 3 is 2.04 bits per heavy atom. The van der Waals surface area contributed by atoms with Crippen LogP contribution in [-0.2, 0) is 32.6 Å². The van der Waals surface area contributed by atoms with E-state index in [1.165, 1.54) is 4.90 Å². The maximum absolute atomic E-state index is 14.5. The Labute approximate surface area is 281 Å². The number of amides is 2. The van der Waals surface area contributed by atoms with Crippen LogP contribution in [0.3, 0.4) is 0 Å². The van der Waals surface area contributed by atoms with Gasteiger partial charge >= 0.3 is 0 Å². The van der Waals surface area contributed by atoms with E-state index in [0.717, 1.165) is 37.5 Å². The molecular weight excluding hydrogens is 662 g/mol. The molecule has 0 aliphatic carbocycles. The van der Waals surface area contributed by atoms with E-state index in [-0.39, 0.29) is 29.7 Å². The van der Waals surface area contributed by atoms with E-state index in [2.05, 4.69) is 35.1 Å². The molecule has 0 unspecified atom stereocenters. The molecule has 4 aromatic rings. The highest BCUT2D eigenvalue weighted by molar-refractivity contribution is 9.10. The minimum Gasteiger partial charge on any atom is -0.354 e. The zero-order chi connectivity index (χ0) is 33.3. The van der Waals surface area contributed by atoms with Crippen molar-refractivity contribution in [3.05, 3.63) is 130 Å². The molecule has 0 aliphatic rings. The van der Waals surface area contributed by atoms with Gasteiger partial charge in [0.25, 0.3) is 10.0 Å². The standard InChI is InChI=1S/C37H42BrN3O4S/c1-5-23-39-37(43)35(24-29-9-7-6-8-10-29)40(25-30-13-17-32(38)18-14-30)36(42)26-41(33-19-15-31(16-20-33)27(2)3)46(44,45)34-21-11-28(4)12-22-34/h6-22,27,35H,5,23-26H2,1-4H3,(H,39,43)/t35-/m1/s1. The van der Waals surface area contributed by atoms with Gasteiger partial charge in [-0.1, -0.05) is 109 Å². The molecule has 46 heavy (non-hydrogen) atoms. The number of carbonyl (C=O) groups is 2. The molecule has 4 rings (SSSR count). The first-order valence-corrected chi connectivity index (χ1v) is 17.8. The largest absolute Gasteiger partial charge is 0.354 e. The minimum atomic E-state index is -4.15. The molecule has 7 nitrogen and oxygen atoms in total. The number of sulfonamides is 1. The lowest BCUT2D eigenvalue weighted by Crippen LogP contribution is -2.53. The Balaban J connectivity index is 1.80. The maximum atomic E-state index is 14.5. The van der Waals surface area contributed by atoms with Crippen LogP contribution in [0.2, 0.25) is 0 Å². The van der Waals surface area contributed by atoms with E-state index in [1.54, 1.807) is 36.4 Å². The third kappa shape index (κ3) is 9.07. The van der Waals surface area contributed by atoms with E-state index in [0.29, 0.717) is 12.2 Å². The maximum Gasteiger partial charge on any atom is 0.264 e.